The minimum absolute atomic E-state index is 0.0330. The lowest BCUT2D eigenvalue weighted by molar-refractivity contribution is -0.121. The van der Waals surface area contributed by atoms with Gasteiger partial charge in [0.25, 0.3) is 15.9 Å². The highest BCUT2D eigenvalue weighted by molar-refractivity contribution is 7.89. The molecule has 35 heavy (non-hydrogen) atoms. The lowest BCUT2D eigenvalue weighted by atomic mass is 9.96. The van der Waals surface area contributed by atoms with Crippen LogP contribution in [0.2, 0.25) is 5.02 Å². The predicted octanol–water partition coefficient (Wildman–Crippen LogP) is 4.11. The molecule has 2 amide bonds. The number of carbonyl (C=O) groups excluding carboxylic acids is 2. The molecule has 1 aliphatic heterocycles. The van der Waals surface area contributed by atoms with Crippen molar-refractivity contribution >= 4 is 39.1 Å². The molecule has 1 aliphatic rings. The number of rotatable bonds is 11. The molecule has 3 rings (SSSR count). The number of hydrogen-bond donors (Lipinski definition) is 3. The van der Waals surface area contributed by atoms with Gasteiger partial charge in [-0.2, -0.15) is 0 Å². The van der Waals surface area contributed by atoms with Gasteiger partial charge in [-0.3, -0.25) is 15.0 Å². The van der Waals surface area contributed by atoms with E-state index in [1.807, 2.05) is 36.9 Å². The standard InChI is InChI=1S/C25H33ClN4O4S/c1-4-12-30-13-11-19-14-18(6-8-21(19)25(30)32)16-27-22-15-20(26)7-9-23(22)35(33,34)29-28-24(31)10-5-17(2)3/h6-9,14-15,17,27,29H,4-5,10-13,16H2,1-3H3,(H,28,31). The zero-order chi connectivity index (χ0) is 25.6. The summed E-state index contributed by atoms with van der Waals surface area (Å²) in [5.74, 6) is -0.00869. The summed E-state index contributed by atoms with van der Waals surface area (Å²) in [6, 6.07) is 10.1. The third-order valence-corrected chi connectivity index (χ3v) is 7.36. The number of sulfonamides is 1. The molecule has 0 saturated carbocycles. The van der Waals surface area contributed by atoms with Gasteiger partial charge in [-0.1, -0.05) is 44.5 Å². The highest BCUT2D eigenvalue weighted by Gasteiger charge is 2.24. The molecule has 1 heterocycles. The predicted molar refractivity (Wildman–Crippen MR) is 138 cm³/mol. The van der Waals surface area contributed by atoms with E-state index in [4.69, 9.17) is 11.6 Å². The van der Waals surface area contributed by atoms with Gasteiger partial charge in [-0.15, -0.1) is 4.83 Å². The number of hydrogen-bond acceptors (Lipinski definition) is 5. The number of carbonyl (C=O) groups is 2. The second-order valence-electron chi connectivity index (χ2n) is 9.11. The Kier molecular flexibility index (Phi) is 9.15. The summed E-state index contributed by atoms with van der Waals surface area (Å²) >= 11 is 6.13. The molecule has 190 valence electrons. The molecule has 0 aromatic heterocycles. The average Bonchev–Trinajstić information content (AvgIpc) is 2.82. The zero-order valence-electron chi connectivity index (χ0n) is 20.4. The Balaban J connectivity index is 1.71. The first-order chi connectivity index (χ1) is 16.6. The fourth-order valence-corrected chi connectivity index (χ4v) is 5.11. The van der Waals surface area contributed by atoms with E-state index in [1.165, 1.54) is 18.2 Å². The Morgan fingerprint density at radius 3 is 2.66 bits per heavy atom. The smallest absolute Gasteiger partial charge is 0.259 e. The molecule has 2 aromatic rings. The minimum Gasteiger partial charge on any atom is -0.380 e. The van der Waals surface area contributed by atoms with Crippen LogP contribution in [0.1, 0.15) is 61.5 Å². The summed E-state index contributed by atoms with van der Waals surface area (Å²) in [5, 5.41) is 3.51. The molecule has 3 N–H and O–H groups in total. The second-order valence-corrected chi connectivity index (χ2v) is 11.2. The Morgan fingerprint density at radius 2 is 1.94 bits per heavy atom. The normalized spacial score (nSPS) is 13.6. The van der Waals surface area contributed by atoms with Crippen LogP contribution in [0.5, 0.6) is 0 Å². The molecule has 0 atom stereocenters. The molecule has 2 aromatic carbocycles. The van der Waals surface area contributed by atoms with Crippen LogP contribution < -0.4 is 15.6 Å². The molecular formula is C25H33ClN4O4S. The van der Waals surface area contributed by atoms with Crippen molar-refractivity contribution in [3.63, 3.8) is 0 Å². The van der Waals surface area contributed by atoms with Crippen LogP contribution in [0.4, 0.5) is 5.69 Å². The fraction of sp³-hybridized carbons (Fsp3) is 0.440. The van der Waals surface area contributed by atoms with Gasteiger partial charge in [0, 0.05) is 36.6 Å². The van der Waals surface area contributed by atoms with Gasteiger partial charge in [0.1, 0.15) is 4.90 Å². The quantitative estimate of drug-likeness (QED) is 0.386. The molecule has 0 radical (unpaired) electrons. The summed E-state index contributed by atoms with van der Waals surface area (Å²) in [6.45, 7) is 7.82. The van der Waals surface area contributed by atoms with Crippen LogP contribution in [-0.2, 0) is 27.8 Å². The van der Waals surface area contributed by atoms with Crippen LogP contribution in [0, 0.1) is 5.92 Å². The van der Waals surface area contributed by atoms with Crippen molar-refractivity contribution in [2.24, 2.45) is 5.92 Å². The van der Waals surface area contributed by atoms with Crippen molar-refractivity contribution < 1.29 is 18.0 Å². The molecule has 0 spiro atoms. The lowest BCUT2D eigenvalue weighted by Gasteiger charge is -2.28. The molecular weight excluding hydrogens is 488 g/mol. The first-order valence-electron chi connectivity index (χ1n) is 11.9. The molecule has 0 bridgehead atoms. The average molecular weight is 521 g/mol. The molecule has 0 saturated heterocycles. The molecule has 0 aliphatic carbocycles. The van der Waals surface area contributed by atoms with Gasteiger partial charge in [0.2, 0.25) is 5.91 Å². The van der Waals surface area contributed by atoms with Crippen molar-refractivity contribution in [2.45, 2.75) is 57.9 Å². The first kappa shape index (κ1) is 27.0. The maximum Gasteiger partial charge on any atom is 0.259 e. The SMILES string of the molecule is CCCN1CCc2cc(CNc3cc(Cl)ccc3S(=O)(=O)NNC(=O)CCC(C)C)ccc2C1=O. The molecule has 0 fully saturated rings. The molecule has 0 unspecified atom stereocenters. The van der Waals surface area contributed by atoms with Crippen molar-refractivity contribution in [1.29, 1.82) is 0 Å². The summed E-state index contributed by atoms with van der Waals surface area (Å²) in [5.41, 5.74) is 5.21. The van der Waals surface area contributed by atoms with Gasteiger partial charge in [0.05, 0.1) is 5.69 Å². The molecule has 10 heteroatoms. The van der Waals surface area contributed by atoms with E-state index in [9.17, 15) is 18.0 Å². The lowest BCUT2D eigenvalue weighted by Crippen LogP contribution is -2.41. The van der Waals surface area contributed by atoms with Crippen molar-refractivity contribution in [2.75, 3.05) is 18.4 Å². The number of nitrogens with one attached hydrogen (secondary N) is 3. The van der Waals surface area contributed by atoms with Gasteiger partial charge in [-0.05, 0) is 60.6 Å². The Labute approximate surface area is 212 Å². The van der Waals surface area contributed by atoms with E-state index in [0.29, 0.717) is 36.1 Å². The maximum atomic E-state index is 12.9. The van der Waals surface area contributed by atoms with Crippen LogP contribution in [-0.4, -0.2) is 38.2 Å². The third-order valence-electron chi connectivity index (χ3n) is 5.82. The van der Waals surface area contributed by atoms with Crippen LogP contribution in [0.3, 0.4) is 0 Å². The highest BCUT2D eigenvalue weighted by Crippen LogP contribution is 2.27. The summed E-state index contributed by atoms with van der Waals surface area (Å²) in [4.78, 5) is 28.6. The van der Waals surface area contributed by atoms with Crippen molar-refractivity contribution in [3.05, 3.63) is 58.1 Å². The van der Waals surface area contributed by atoms with Gasteiger partial charge >= 0.3 is 0 Å². The summed E-state index contributed by atoms with van der Waals surface area (Å²) < 4.78 is 25.8. The Bertz CT molecular complexity index is 1180. The fourth-order valence-electron chi connectivity index (χ4n) is 3.92. The number of fused-ring (bicyclic) bond motifs is 1. The first-order valence-corrected chi connectivity index (χ1v) is 13.7. The highest BCUT2D eigenvalue weighted by atomic mass is 35.5. The van der Waals surface area contributed by atoms with Crippen LogP contribution in [0.15, 0.2) is 41.3 Å². The van der Waals surface area contributed by atoms with E-state index in [1.54, 1.807) is 0 Å². The second kappa shape index (κ2) is 11.9. The van der Waals surface area contributed by atoms with Gasteiger partial charge < -0.3 is 10.2 Å². The Morgan fingerprint density at radius 1 is 1.17 bits per heavy atom. The number of halogens is 1. The third kappa shape index (κ3) is 7.19. The summed E-state index contributed by atoms with van der Waals surface area (Å²) in [7, 11) is -4.03. The van der Waals surface area contributed by atoms with Crippen LogP contribution >= 0.6 is 11.6 Å². The molecule has 8 nitrogen and oxygen atoms in total. The van der Waals surface area contributed by atoms with E-state index < -0.39 is 15.9 Å². The van der Waals surface area contributed by atoms with Crippen molar-refractivity contribution in [1.82, 2.24) is 15.2 Å². The van der Waals surface area contributed by atoms with E-state index in [-0.39, 0.29) is 17.2 Å². The van der Waals surface area contributed by atoms with Crippen molar-refractivity contribution in [3.8, 4) is 0 Å². The largest absolute Gasteiger partial charge is 0.380 e. The summed E-state index contributed by atoms with van der Waals surface area (Å²) in [6.07, 6.45) is 2.59. The Hall–Kier alpha value is -2.62. The van der Waals surface area contributed by atoms with E-state index >= 15 is 0 Å². The number of anilines is 1. The monoisotopic (exact) mass is 520 g/mol. The zero-order valence-corrected chi connectivity index (χ0v) is 21.9. The minimum atomic E-state index is -4.03. The van der Waals surface area contributed by atoms with E-state index in [2.05, 4.69) is 22.5 Å². The number of benzene rings is 2. The van der Waals surface area contributed by atoms with Gasteiger partial charge in [0.15, 0.2) is 0 Å². The van der Waals surface area contributed by atoms with E-state index in [0.717, 1.165) is 36.1 Å². The number of hydrazine groups is 1. The van der Waals surface area contributed by atoms with Gasteiger partial charge in [-0.25, -0.2) is 8.42 Å². The topological polar surface area (TPSA) is 108 Å². The number of amides is 2. The van der Waals surface area contributed by atoms with Crippen LogP contribution in [0.25, 0.3) is 0 Å². The number of nitrogens with zero attached hydrogens (tertiary/aromatic N) is 1. The maximum absolute atomic E-state index is 12.9.